The molecule has 1 N–H and O–H groups in total. The molecular weight excluding hydrogens is 297 g/mol. The Morgan fingerprint density at radius 3 is 2.61 bits per heavy atom. The number of carbonyl (C=O) groups is 2. The Bertz CT molecular complexity index is 726. The summed E-state index contributed by atoms with van der Waals surface area (Å²) in [7, 11) is 0. The predicted molar refractivity (Wildman–Crippen MR) is 86.5 cm³/mol. The molecule has 0 heterocycles. The lowest BCUT2D eigenvalue weighted by atomic mass is 10.2. The molecule has 2 rings (SSSR count). The summed E-state index contributed by atoms with van der Waals surface area (Å²) in [5.41, 5.74) is 1.12. The number of carbonyl (C=O) groups excluding carboxylic acids is 2. The van der Waals surface area contributed by atoms with Crippen molar-refractivity contribution in [2.75, 3.05) is 11.9 Å². The molecule has 0 atom stereocenters. The van der Waals surface area contributed by atoms with Gasteiger partial charge in [-0.05, 0) is 29.8 Å². The van der Waals surface area contributed by atoms with Crippen LogP contribution in [-0.2, 0) is 9.53 Å². The molecular formula is C18H16FNO3. The molecule has 1 amide bonds. The van der Waals surface area contributed by atoms with Crippen LogP contribution in [0, 0.1) is 5.82 Å². The Morgan fingerprint density at radius 2 is 1.91 bits per heavy atom. The maximum absolute atomic E-state index is 13.5. The number of amides is 1. The van der Waals surface area contributed by atoms with Gasteiger partial charge in [-0.2, -0.15) is 0 Å². The zero-order valence-electron chi connectivity index (χ0n) is 12.6. The molecule has 0 unspecified atom stereocenters. The highest BCUT2D eigenvalue weighted by atomic mass is 19.1. The SMILES string of the molecule is CC(=O)Nc1cc(C(=O)OC/C=C/c2ccccc2)ccc1F. The standard InChI is InChI=1S/C18H16FNO3/c1-13(21)20-17-12-15(9-10-16(17)19)18(22)23-11-5-8-14-6-3-2-4-7-14/h2-10,12H,11H2,1H3,(H,20,21)/b8-5+. The van der Waals surface area contributed by atoms with Crippen LogP contribution < -0.4 is 5.32 Å². The minimum absolute atomic E-state index is 0.0493. The van der Waals surface area contributed by atoms with Crippen LogP contribution in [0.4, 0.5) is 10.1 Å². The molecule has 0 aromatic heterocycles. The summed E-state index contributed by atoms with van der Waals surface area (Å²) in [6.45, 7) is 1.36. The average Bonchev–Trinajstić information content (AvgIpc) is 2.54. The van der Waals surface area contributed by atoms with Gasteiger partial charge in [0.1, 0.15) is 12.4 Å². The third-order valence-electron chi connectivity index (χ3n) is 2.93. The van der Waals surface area contributed by atoms with E-state index in [1.165, 1.54) is 19.1 Å². The maximum Gasteiger partial charge on any atom is 0.338 e. The minimum Gasteiger partial charge on any atom is -0.458 e. The van der Waals surface area contributed by atoms with Crippen molar-refractivity contribution >= 4 is 23.6 Å². The van der Waals surface area contributed by atoms with Gasteiger partial charge in [0, 0.05) is 6.92 Å². The van der Waals surface area contributed by atoms with E-state index in [0.717, 1.165) is 11.6 Å². The summed E-state index contributed by atoms with van der Waals surface area (Å²) in [4.78, 5) is 22.9. The Kier molecular flexibility index (Phi) is 5.63. The molecule has 2 aromatic rings. The van der Waals surface area contributed by atoms with Crippen molar-refractivity contribution in [1.82, 2.24) is 0 Å². The zero-order chi connectivity index (χ0) is 16.7. The molecule has 0 fully saturated rings. The van der Waals surface area contributed by atoms with E-state index in [-0.39, 0.29) is 17.9 Å². The summed E-state index contributed by atoms with van der Waals surface area (Å²) < 4.78 is 18.6. The normalized spacial score (nSPS) is 10.5. The van der Waals surface area contributed by atoms with Crippen LogP contribution in [-0.4, -0.2) is 18.5 Å². The van der Waals surface area contributed by atoms with E-state index in [4.69, 9.17) is 4.74 Å². The van der Waals surface area contributed by atoms with Crippen molar-refractivity contribution < 1.29 is 18.7 Å². The highest BCUT2D eigenvalue weighted by molar-refractivity contribution is 5.93. The maximum atomic E-state index is 13.5. The molecule has 0 saturated heterocycles. The van der Waals surface area contributed by atoms with Gasteiger partial charge in [0.15, 0.2) is 0 Å². The van der Waals surface area contributed by atoms with E-state index in [2.05, 4.69) is 5.32 Å². The smallest absolute Gasteiger partial charge is 0.338 e. The minimum atomic E-state index is -0.610. The Balaban J connectivity index is 1.95. The van der Waals surface area contributed by atoms with Gasteiger partial charge < -0.3 is 10.1 Å². The molecule has 5 heteroatoms. The van der Waals surface area contributed by atoms with Crippen molar-refractivity contribution in [3.05, 3.63) is 71.6 Å². The van der Waals surface area contributed by atoms with Crippen LogP contribution in [0.15, 0.2) is 54.6 Å². The van der Waals surface area contributed by atoms with Gasteiger partial charge in [-0.1, -0.05) is 36.4 Å². The molecule has 4 nitrogen and oxygen atoms in total. The van der Waals surface area contributed by atoms with Crippen molar-refractivity contribution in [2.45, 2.75) is 6.92 Å². The van der Waals surface area contributed by atoms with Crippen molar-refractivity contribution in [3.63, 3.8) is 0 Å². The van der Waals surface area contributed by atoms with Crippen molar-refractivity contribution in [2.24, 2.45) is 0 Å². The van der Waals surface area contributed by atoms with Crippen LogP contribution >= 0.6 is 0 Å². The number of hydrogen-bond acceptors (Lipinski definition) is 3. The number of rotatable bonds is 5. The lowest BCUT2D eigenvalue weighted by Gasteiger charge is -2.07. The Labute approximate surface area is 133 Å². The third-order valence-corrected chi connectivity index (χ3v) is 2.93. The fourth-order valence-electron chi connectivity index (χ4n) is 1.89. The van der Waals surface area contributed by atoms with E-state index in [1.807, 2.05) is 36.4 Å². The first-order valence-corrected chi connectivity index (χ1v) is 7.02. The molecule has 2 aromatic carbocycles. The summed E-state index contributed by atoms with van der Waals surface area (Å²) in [6.07, 6.45) is 3.55. The molecule has 0 aliphatic heterocycles. The molecule has 118 valence electrons. The van der Waals surface area contributed by atoms with Gasteiger partial charge in [-0.25, -0.2) is 9.18 Å². The number of anilines is 1. The van der Waals surface area contributed by atoms with Crippen LogP contribution in [0.2, 0.25) is 0 Å². The van der Waals surface area contributed by atoms with Crippen LogP contribution in [0.25, 0.3) is 6.08 Å². The Hall–Kier alpha value is -2.95. The number of benzene rings is 2. The number of halogens is 1. The largest absolute Gasteiger partial charge is 0.458 e. The van der Waals surface area contributed by atoms with Gasteiger partial charge in [-0.15, -0.1) is 0 Å². The van der Waals surface area contributed by atoms with Crippen molar-refractivity contribution in [3.8, 4) is 0 Å². The summed E-state index contributed by atoms with van der Waals surface area (Å²) in [5, 5.41) is 2.32. The van der Waals surface area contributed by atoms with Crippen molar-refractivity contribution in [1.29, 1.82) is 0 Å². The van der Waals surface area contributed by atoms with Gasteiger partial charge in [-0.3, -0.25) is 4.79 Å². The molecule has 0 radical (unpaired) electrons. The quantitative estimate of drug-likeness (QED) is 0.857. The van der Waals surface area contributed by atoms with Gasteiger partial charge in [0.2, 0.25) is 5.91 Å². The monoisotopic (exact) mass is 313 g/mol. The van der Waals surface area contributed by atoms with Gasteiger partial charge in [0.25, 0.3) is 0 Å². The first-order chi connectivity index (χ1) is 11.1. The molecule has 0 aliphatic carbocycles. The first-order valence-electron chi connectivity index (χ1n) is 7.02. The zero-order valence-corrected chi connectivity index (χ0v) is 12.6. The van der Waals surface area contributed by atoms with Gasteiger partial charge >= 0.3 is 5.97 Å². The van der Waals surface area contributed by atoms with Crippen LogP contribution in [0.3, 0.4) is 0 Å². The van der Waals surface area contributed by atoms with Gasteiger partial charge in [0.05, 0.1) is 11.3 Å². The lowest BCUT2D eigenvalue weighted by Crippen LogP contribution is -2.10. The second-order valence-electron chi connectivity index (χ2n) is 4.79. The van der Waals surface area contributed by atoms with E-state index in [9.17, 15) is 14.0 Å². The fraction of sp³-hybridized carbons (Fsp3) is 0.111. The second kappa shape index (κ2) is 7.89. The van der Waals surface area contributed by atoms with E-state index >= 15 is 0 Å². The number of ether oxygens (including phenoxy) is 1. The average molecular weight is 313 g/mol. The molecule has 23 heavy (non-hydrogen) atoms. The Morgan fingerprint density at radius 1 is 1.17 bits per heavy atom. The number of esters is 1. The van der Waals surface area contributed by atoms with Crippen LogP contribution in [0.5, 0.6) is 0 Å². The highest BCUT2D eigenvalue weighted by Gasteiger charge is 2.11. The molecule has 0 spiro atoms. The van der Waals surface area contributed by atoms with Crippen LogP contribution in [0.1, 0.15) is 22.8 Å². The second-order valence-corrected chi connectivity index (χ2v) is 4.79. The third kappa shape index (κ3) is 5.07. The first kappa shape index (κ1) is 16.4. The van der Waals surface area contributed by atoms with E-state index in [0.29, 0.717) is 0 Å². The van der Waals surface area contributed by atoms with E-state index in [1.54, 1.807) is 6.08 Å². The fourth-order valence-corrected chi connectivity index (χ4v) is 1.89. The topological polar surface area (TPSA) is 55.4 Å². The summed E-state index contributed by atoms with van der Waals surface area (Å²) in [5.74, 6) is -1.62. The lowest BCUT2D eigenvalue weighted by molar-refractivity contribution is -0.114. The number of nitrogens with one attached hydrogen (secondary N) is 1. The molecule has 0 aliphatic rings. The number of hydrogen-bond donors (Lipinski definition) is 1. The highest BCUT2D eigenvalue weighted by Crippen LogP contribution is 2.17. The summed E-state index contributed by atoms with van der Waals surface area (Å²) in [6, 6.07) is 13.3. The summed E-state index contributed by atoms with van der Waals surface area (Å²) >= 11 is 0. The molecule has 0 bridgehead atoms. The van der Waals surface area contributed by atoms with E-state index < -0.39 is 17.7 Å². The molecule has 0 saturated carbocycles. The predicted octanol–water partition coefficient (Wildman–Crippen LogP) is 3.65.